The van der Waals surface area contributed by atoms with Gasteiger partial charge in [-0.15, -0.1) is 0 Å². The van der Waals surface area contributed by atoms with E-state index in [1.807, 2.05) is 25.2 Å². The molecule has 21 heavy (non-hydrogen) atoms. The highest BCUT2D eigenvalue weighted by atomic mass is 79.9. The Hall–Kier alpha value is -1.59. The summed E-state index contributed by atoms with van der Waals surface area (Å²) in [5, 5.41) is 3.09. The summed E-state index contributed by atoms with van der Waals surface area (Å²) in [5.41, 5.74) is 2.00. The van der Waals surface area contributed by atoms with Gasteiger partial charge in [-0.25, -0.2) is 4.39 Å². The Morgan fingerprint density at radius 2 is 1.86 bits per heavy atom. The fourth-order valence-corrected chi connectivity index (χ4v) is 2.36. The molecule has 112 valence electrons. The molecule has 0 radical (unpaired) electrons. The maximum Gasteiger partial charge on any atom is 0.161 e. The summed E-state index contributed by atoms with van der Waals surface area (Å²) in [6.07, 6.45) is 0. The van der Waals surface area contributed by atoms with Crippen molar-refractivity contribution in [1.29, 1.82) is 0 Å². The van der Waals surface area contributed by atoms with Gasteiger partial charge in [-0.1, -0.05) is 12.1 Å². The first-order valence-electron chi connectivity index (χ1n) is 6.52. The minimum absolute atomic E-state index is 0.284. The van der Waals surface area contributed by atoms with Gasteiger partial charge < -0.3 is 14.8 Å². The first-order chi connectivity index (χ1) is 10.1. The van der Waals surface area contributed by atoms with E-state index in [1.54, 1.807) is 19.2 Å². The maximum absolute atomic E-state index is 13.2. The average Bonchev–Trinajstić information content (AvgIpc) is 2.49. The smallest absolute Gasteiger partial charge is 0.161 e. The molecule has 2 aromatic carbocycles. The molecule has 0 bridgehead atoms. The van der Waals surface area contributed by atoms with Crippen LogP contribution in [0.5, 0.6) is 11.5 Å². The van der Waals surface area contributed by atoms with Gasteiger partial charge in [0, 0.05) is 6.54 Å². The molecule has 0 aliphatic heterocycles. The van der Waals surface area contributed by atoms with Gasteiger partial charge in [0.05, 0.1) is 11.6 Å². The van der Waals surface area contributed by atoms with Crippen molar-refractivity contribution in [2.24, 2.45) is 0 Å². The molecule has 0 aromatic heterocycles. The average molecular weight is 354 g/mol. The van der Waals surface area contributed by atoms with Crippen molar-refractivity contribution < 1.29 is 13.9 Å². The molecule has 1 N–H and O–H groups in total. The van der Waals surface area contributed by atoms with Crippen molar-refractivity contribution >= 4 is 15.9 Å². The fraction of sp³-hybridized carbons (Fsp3) is 0.250. The molecule has 5 heteroatoms. The first kappa shape index (κ1) is 15.8. The van der Waals surface area contributed by atoms with Crippen molar-refractivity contribution in [3.05, 3.63) is 57.8 Å². The standard InChI is InChI=1S/C16H17BrFNO2/c1-19-9-11-4-6-15(16(8-11)20-2)21-10-12-3-5-14(18)13(17)7-12/h3-8,19H,9-10H2,1-2H3. The lowest BCUT2D eigenvalue weighted by Gasteiger charge is -2.12. The summed E-state index contributed by atoms with van der Waals surface area (Å²) in [6, 6.07) is 10.6. The predicted octanol–water partition coefficient (Wildman–Crippen LogP) is 3.90. The summed E-state index contributed by atoms with van der Waals surface area (Å²) < 4.78 is 24.7. The lowest BCUT2D eigenvalue weighted by Crippen LogP contribution is -2.05. The summed E-state index contributed by atoms with van der Waals surface area (Å²) in [7, 11) is 3.50. The van der Waals surface area contributed by atoms with Crippen LogP contribution in [0.3, 0.4) is 0 Å². The van der Waals surface area contributed by atoms with E-state index < -0.39 is 0 Å². The molecule has 0 saturated heterocycles. The second-order valence-electron chi connectivity index (χ2n) is 4.55. The Balaban J connectivity index is 2.10. The third kappa shape index (κ3) is 4.19. The zero-order chi connectivity index (χ0) is 15.2. The Kier molecular flexibility index (Phi) is 5.59. The van der Waals surface area contributed by atoms with Gasteiger partial charge in [0.15, 0.2) is 11.5 Å². The quantitative estimate of drug-likeness (QED) is 0.854. The van der Waals surface area contributed by atoms with Gasteiger partial charge in [0.1, 0.15) is 12.4 Å². The fourth-order valence-electron chi connectivity index (χ4n) is 1.94. The topological polar surface area (TPSA) is 30.5 Å². The number of ether oxygens (including phenoxy) is 2. The lowest BCUT2D eigenvalue weighted by atomic mass is 10.2. The minimum atomic E-state index is -0.284. The predicted molar refractivity (Wildman–Crippen MR) is 84.2 cm³/mol. The van der Waals surface area contributed by atoms with Crippen LogP contribution >= 0.6 is 15.9 Å². The van der Waals surface area contributed by atoms with E-state index in [9.17, 15) is 4.39 Å². The SMILES string of the molecule is CNCc1ccc(OCc2ccc(F)c(Br)c2)c(OC)c1. The molecule has 0 saturated carbocycles. The van der Waals surface area contributed by atoms with Crippen molar-refractivity contribution in [3.8, 4) is 11.5 Å². The summed E-state index contributed by atoms with van der Waals surface area (Å²) in [5.74, 6) is 1.06. The number of hydrogen-bond donors (Lipinski definition) is 1. The van der Waals surface area contributed by atoms with Gasteiger partial charge in [-0.3, -0.25) is 0 Å². The van der Waals surface area contributed by atoms with Crippen LogP contribution in [0.15, 0.2) is 40.9 Å². The molecule has 0 unspecified atom stereocenters. The third-order valence-electron chi connectivity index (χ3n) is 2.99. The Morgan fingerprint density at radius 1 is 1.10 bits per heavy atom. The minimum Gasteiger partial charge on any atom is -0.493 e. The van der Waals surface area contributed by atoms with Gasteiger partial charge in [-0.2, -0.15) is 0 Å². The van der Waals surface area contributed by atoms with Gasteiger partial charge in [0.25, 0.3) is 0 Å². The summed E-state index contributed by atoms with van der Waals surface area (Å²) in [6.45, 7) is 1.11. The highest BCUT2D eigenvalue weighted by Gasteiger charge is 2.07. The molecule has 0 aliphatic rings. The van der Waals surface area contributed by atoms with Crippen LogP contribution in [-0.4, -0.2) is 14.2 Å². The highest BCUT2D eigenvalue weighted by Crippen LogP contribution is 2.29. The zero-order valence-corrected chi connectivity index (χ0v) is 13.5. The van der Waals surface area contributed by atoms with Gasteiger partial charge >= 0.3 is 0 Å². The Labute approximate surface area is 132 Å². The molecule has 2 rings (SSSR count). The number of rotatable bonds is 6. The number of halogens is 2. The van der Waals surface area contributed by atoms with Crippen molar-refractivity contribution in [2.75, 3.05) is 14.2 Å². The normalized spacial score (nSPS) is 10.5. The molecular formula is C16H17BrFNO2. The monoisotopic (exact) mass is 353 g/mol. The second kappa shape index (κ2) is 7.43. The molecule has 0 amide bonds. The molecule has 0 heterocycles. The van der Waals surface area contributed by atoms with Crippen LogP contribution in [0.1, 0.15) is 11.1 Å². The van der Waals surface area contributed by atoms with Crippen LogP contribution in [0.4, 0.5) is 4.39 Å². The molecular weight excluding hydrogens is 337 g/mol. The lowest BCUT2D eigenvalue weighted by molar-refractivity contribution is 0.284. The largest absolute Gasteiger partial charge is 0.493 e. The first-order valence-corrected chi connectivity index (χ1v) is 7.31. The number of hydrogen-bond acceptors (Lipinski definition) is 3. The summed E-state index contributed by atoms with van der Waals surface area (Å²) >= 11 is 3.17. The molecule has 0 atom stereocenters. The van der Waals surface area contributed by atoms with Crippen molar-refractivity contribution in [3.63, 3.8) is 0 Å². The Morgan fingerprint density at radius 3 is 2.52 bits per heavy atom. The van der Waals surface area contributed by atoms with Crippen LogP contribution in [-0.2, 0) is 13.2 Å². The van der Waals surface area contributed by atoms with E-state index in [4.69, 9.17) is 9.47 Å². The number of benzene rings is 2. The van der Waals surface area contributed by atoms with Gasteiger partial charge in [0.2, 0.25) is 0 Å². The second-order valence-corrected chi connectivity index (χ2v) is 5.41. The van der Waals surface area contributed by atoms with Crippen LogP contribution in [0.2, 0.25) is 0 Å². The molecule has 3 nitrogen and oxygen atoms in total. The van der Waals surface area contributed by atoms with E-state index in [0.717, 1.165) is 17.7 Å². The van der Waals surface area contributed by atoms with E-state index in [0.29, 0.717) is 22.6 Å². The molecule has 0 aliphatic carbocycles. The van der Waals surface area contributed by atoms with Crippen molar-refractivity contribution in [1.82, 2.24) is 5.32 Å². The Bertz CT molecular complexity index is 619. The maximum atomic E-state index is 13.2. The van der Waals surface area contributed by atoms with E-state index in [-0.39, 0.29) is 5.82 Å². The highest BCUT2D eigenvalue weighted by molar-refractivity contribution is 9.10. The van der Waals surface area contributed by atoms with E-state index in [1.165, 1.54) is 6.07 Å². The third-order valence-corrected chi connectivity index (χ3v) is 3.59. The van der Waals surface area contributed by atoms with E-state index in [2.05, 4.69) is 21.2 Å². The number of methoxy groups -OCH3 is 1. The molecule has 2 aromatic rings. The van der Waals surface area contributed by atoms with E-state index >= 15 is 0 Å². The van der Waals surface area contributed by atoms with Crippen LogP contribution in [0.25, 0.3) is 0 Å². The molecule has 0 spiro atoms. The van der Waals surface area contributed by atoms with Crippen molar-refractivity contribution in [2.45, 2.75) is 13.2 Å². The van der Waals surface area contributed by atoms with Gasteiger partial charge in [-0.05, 0) is 58.4 Å². The van der Waals surface area contributed by atoms with Crippen LogP contribution in [0, 0.1) is 5.82 Å². The molecule has 0 fully saturated rings. The summed E-state index contributed by atoms with van der Waals surface area (Å²) in [4.78, 5) is 0. The number of nitrogens with one attached hydrogen (secondary N) is 1. The van der Waals surface area contributed by atoms with Crippen LogP contribution < -0.4 is 14.8 Å². The zero-order valence-electron chi connectivity index (χ0n) is 12.0.